The van der Waals surface area contributed by atoms with Gasteiger partial charge in [0.25, 0.3) is 5.91 Å². The first-order valence-electron chi connectivity index (χ1n) is 7.38. The van der Waals surface area contributed by atoms with Gasteiger partial charge in [0.2, 0.25) is 0 Å². The number of nitrogens with one attached hydrogen (secondary N) is 1. The smallest absolute Gasteiger partial charge is 0.420 e. The zero-order valence-electron chi connectivity index (χ0n) is 13.7. The van der Waals surface area contributed by atoms with Crippen molar-refractivity contribution in [3.63, 3.8) is 0 Å². The van der Waals surface area contributed by atoms with E-state index in [9.17, 15) is 18.0 Å². The molecule has 0 radical (unpaired) electrons. The zero-order valence-corrected chi connectivity index (χ0v) is 13.7. The summed E-state index contributed by atoms with van der Waals surface area (Å²) in [5.41, 5.74) is -1.98. The number of amides is 1. The average Bonchev–Trinajstić information content (AvgIpc) is 2.51. The molecule has 23 heavy (non-hydrogen) atoms. The molecule has 1 N–H and O–H groups in total. The minimum Gasteiger partial charge on any atom is -0.496 e. The molecule has 1 aromatic carbocycles. The maximum absolute atomic E-state index is 13.0. The van der Waals surface area contributed by atoms with Crippen molar-refractivity contribution < 1.29 is 27.4 Å². The Hall–Kier alpha value is -1.76. The number of hydrogen-bond donors (Lipinski definition) is 1. The average molecular weight is 333 g/mol. The summed E-state index contributed by atoms with van der Waals surface area (Å²) in [6.07, 6.45) is -3.43. The molecule has 0 heterocycles. The molecule has 1 aromatic rings. The Morgan fingerprint density at radius 3 is 2.39 bits per heavy atom. The number of benzene rings is 1. The second-order valence-electron chi connectivity index (χ2n) is 5.30. The minimum atomic E-state index is -4.57. The Kier molecular flexibility index (Phi) is 6.44. The summed E-state index contributed by atoms with van der Waals surface area (Å²) in [5.74, 6) is -0.775. The van der Waals surface area contributed by atoms with Crippen LogP contribution < -0.4 is 10.1 Å². The summed E-state index contributed by atoms with van der Waals surface area (Å²) in [6.45, 7) is 5.71. The van der Waals surface area contributed by atoms with Crippen molar-refractivity contribution in [2.24, 2.45) is 0 Å². The topological polar surface area (TPSA) is 47.6 Å². The lowest BCUT2D eigenvalue weighted by molar-refractivity contribution is -0.140. The second kappa shape index (κ2) is 7.68. The first-order chi connectivity index (χ1) is 10.7. The van der Waals surface area contributed by atoms with Gasteiger partial charge in [0.05, 0.1) is 12.7 Å². The van der Waals surface area contributed by atoms with Gasteiger partial charge in [-0.05, 0) is 38.0 Å². The predicted octanol–water partition coefficient (Wildman–Crippen LogP) is 4.25. The van der Waals surface area contributed by atoms with Gasteiger partial charge in [-0.15, -0.1) is 0 Å². The van der Waals surface area contributed by atoms with E-state index in [2.05, 4.69) is 5.32 Å². The number of methoxy groups -OCH3 is 1. The van der Waals surface area contributed by atoms with E-state index in [-0.39, 0.29) is 11.4 Å². The number of halogens is 3. The molecule has 1 atom stereocenters. The highest BCUT2D eigenvalue weighted by Gasteiger charge is 2.36. The highest BCUT2D eigenvalue weighted by atomic mass is 19.4. The van der Waals surface area contributed by atoms with E-state index in [1.54, 1.807) is 13.8 Å². The Morgan fingerprint density at radius 2 is 1.91 bits per heavy atom. The third-order valence-corrected chi connectivity index (χ3v) is 3.54. The monoisotopic (exact) mass is 333 g/mol. The molecule has 0 aromatic heterocycles. The molecular formula is C16H22F3NO3. The molecule has 7 heteroatoms. The molecule has 0 aliphatic rings. The number of hydrogen-bond acceptors (Lipinski definition) is 3. The van der Waals surface area contributed by atoms with E-state index < -0.39 is 23.2 Å². The van der Waals surface area contributed by atoms with Crippen LogP contribution in [-0.2, 0) is 15.7 Å². The van der Waals surface area contributed by atoms with Crippen molar-refractivity contribution in [2.45, 2.75) is 45.4 Å². The van der Waals surface area contributed by atoms with Gasteiger partial charge >= 0.3 is 6.18 Å². The van der Waals surface area contributed by atoms with Gasteiger partial charge in [-0.2, -0.15) is 13.2 Å². The van der Waals surface area contributed by atoms with Crippen molar-refractivity contribution >= 4 is 11.6 Å². The van der Waals surface area contributed by atoms with Crippen LogP contribution in [0.2, 0.25) is 0 Å². The van der Waals surface area contributed by atoms with Crippen LogP contribution in [0.4, 0.5) is 18.9 Å². The summed E-state index contributed by atoms with van der Waals surface area (Å²) >= 11 is 0. The Labute approximate surface area is 134 Å². The Balaban J connectivity index is 3.02. The fourth-order valence-corrected chi connectivity index (χ4v) is 1.93. The van der Waals surface area contributed by atoms with E-state index in [1.807, 2.05) is 6.92 Å². The van der Waals surface area contributed by atoms with Gasteiger partial charge in [0.1, 0.15) is 11.4 Å². The number of rotatable bonds is 7. The molecule has 0 aliphatic heterocycles. The van der Waals surface area contributed by atoms with Crippen LogP contribution in [-0.4, -0.2) is 25.2 Å². The normalized spacial score (nSPS) is 14.2. The van der Waals surface area contributed by atoms with Gasteiger partial charge in [0, 0.05) is 12.3 Å². The molecule has 1 amide bonds. The van der Waals surface area contributed by atoms with Gasteiger partial charge in [-0.1, -0.05) is 13.8 Å². The van der Waals surface area contributed by atoms with Crippen LogP contribution >= 0.6 is 0 Å². The van der Waals surface area contributed by atoms with Crippen molar-refractivity contribution in [1.82, 2.24) is 0 Å². The molecule has 0 spiro atoms. The largest absolute Gasteiger partial charge is 0.496 e. The zero-order chi connectivity index (χ0) is 17.7. The maximum Gasteiger partial charge on any atom is 0.420 e. The van der Waals surface area contributed by atoms with Crippen LogP contribution in [0.3, 0.4) is 0 Å². The first-order valence-corrected chi connectivity index (χ1v) is 7.38. The maximum atomic E-state index is 13.0. The molecule has 130 valence electrons. The lowest BCUT2D eigenvalue weighted by Gasteiger charge is -2.27. The van der Waals surface area contributed by atoms with E-state index in [0.29, 0.717) is 13.0 Å². The Morgan fingerprint density at radius 1 is 1.26 bits per heavy atom. The molecular weight excluding hydrogens is 311 g/mol. The number of carbonyl (C=O) groups excluding carboxylic acids is 1. The van der Waals surface area contributed by atoms with Crippen molar-refractivity contribution in [2.75, 3.05) is 19.0 Å². The molecule has 0 saturated carbocycles. The Bertz CT molecular complexity index is 546. The molecule has 1 rings (SSSR count). The summed E-state index contributed by atoms with van der Waals surface area (Å²) in [4.78, 5) is 12.3. The minimum absolute atomic E-state index is 0.0444. The molecule has 0 saturated heterocycles. The van der Waals surface area contributed by atoms with E-state index in [0.717, 1.165) is 19.6 Å². The van der Waals surface area contributed by atoms with Crippen LogP contribution in [0.15, 0.2) is 18.2 Å². The molecule has 0 unspecified atom stereocenters. The summed E-state index contributed by atoms with van der Waals surface area (Å²) in [7, 11) is 1.16. The number of anilines is 1. The predicted molar refractivity (Wildman–Crippen MR) is 81.6 cm³/mol. The summed E-state index contributed by atoms with van der Waals surface area (Å²) in [5, 5.41) is 2.49. The fraction of sp³-hybridized carbons (Fsp3) is 0.562. The van der Waals surface area contributed by atoms with Gasteiger partial charge in [0.15, 0.2) is 0 Å². The van der Waals surface area contributed by atoms with Crippen LogP contribution in [0, 0.1) is 0 Å². The van der Waals surface area contributed by atoms with E-state index >= 15 is 0 Å². The van der Waals surface area contributed by atoms with Crippen LogP contribution in [0.25, 0.3) is 0 Å². The van der Waals surface area contributed by atoms with E-state index in [4.69, 9.17) is 9.47 Å². The lowest BCUT2D eigenvalue weighted by atomic mass is 10.0. The summed E-state index contributed by atoms with van der Waals surface area (Å²) in [6, 6.07) is 3.39. The number of alkyl halides is 3. The van der Waals surface area contributed by atoms with Gasteiger partial charge < -0.3 is 14.8 Å². The third kappa shape index (κ3) is 4.86. The second-order valence-corrected chi connectivity index (χ2v) is 5.30. The highest BCUT2D eigenvalue weighted by Crippen LogP contribution is 2.37. The van der Waals surface area contributed by atoms with Crippen molar-refractivity contribution in [3.05, 3.63) is 23.8 Å². The quantitative estimate of drug-likeness (QED) is 0.811. The number of ether oxygens (including phenoxy) is 2. The SMILES string of the molecule is CCCO[C@](C)(CC)C(=O)Nc1ccc(OC)c(C(F)(F)F)c1. The van der Waals surface area contributed by atoms with Crippen molar-refractivity contribution in [3.8, 4) is 5.75 Å². The fourth-order valence-electron chi connectivity index (χ4n) is 1.93. The van der Waals surface area contributed by atoms with Gasteiger partial charge in [-0.3, -0.25) is 4.79 Å². The van der Waals surface area contributed by atoms with E-state index in [1.165, 1.54) is 12.1 Å². The van der Waals surface area contributed by atoms with Crippen LogP contribution in [0.1, 0.15) is 39.2 Å². The van der Waals surface area contributed by atoms with Crippen molar-refractivity contribution in [1.29, 1.82) is 0 Å². The summed E-state index contributed by atoms with van der Waals surface area (Å²) < 4.78 is 49.3. The van der Waals surface area contributed by atoms with Gasteiger partial charge in [-0.25, -0.2) is 0 Å². The molecule has 4 nitrogen and oxygen atoms in total. The molecule has 0 bridgehead atoms. The third-order valence-electron chi connectivity index (χ3n) is 3.54. The highest BCUT2D eigenvalue weighted by molar-refractivity contribution is 5.97. The molecule has 0 fully saturated rings. The first kappa shape index (κ1) is 19.3. The van der Waals surface area contributed by atoms with Crippen LogP contribution in [0.5, 0.6) is 5.75 Å². The molecule has 0 aliphatic carbocycles. The standard InChI is InChI=1S/C16H22F3NO3/c1-5-9-23-15(3,6-2)14(21)20-11-7-8-13(22-4)12(10-11)16(17,18)19/h7-8,10H,5-6,9H2,1-4H3,(H,20,21)/t15-/m1/s1. The lowest BCUT2D eigenvalue weighted by Crippen LogP contribution is -2.42. The number of carbonyl (C=O) groups is 1.